The number of urea groups is 1. The predicted octanol–water partition coefficient (Wildman–Crippen LogP) is 4.15. The summed E-state index contributed by atoms with van der Waals surface area (Å²) in [5.41, 5.74) is 2.24. The number of nitrogens with one attached hydrogen (secondary N) is 3. The zero-order valence-electron chi connectivity index (χ0n) is 25.3. The highest BCUT2D eigenvalue weighted by atomic mass is 19.1. The number of hydrogen-bond donors (Lipinski definition) is 4. The molecule has 2 fully saturated rings. The van der Waals surface area contributed by atoms with Crippen molar-refractivity contribution in [3.8, 4) is 16.9 Å². The van der Waals surface area contributed by atoms with Crippen molar-refractivity contribution < 1.29 is 37.7 Å². The minimum atomic E-state index is -0.904. The van der Waals surface area contributed by atoms with Crippen molar-refractivity contribution in [3.05, 3.63) is 83.4 Å². The van der Waals surface area contributed by atoms with E-state index in [2.05, 4.69) is 16.0 Å². The Balaban J connectivity index is 1.30. The summed E-state index contributed by atoms with van der Waals surface area (Å²) in [5.74, 6) is -2.18. The molecule has 46 heavy (non-hydrogen) atoms. The number of nitrogens with zero attached hydrogens (tertiary/aromatic N) is 1. The number of rotatable bonds is 2. The number of aliphatic hydroxyl groups is 1. The van der Waals surface area contributed by atoms with Crippen LogP contribution >= 0.6 is 0 Å². The lowest BCUT2D eigenvalue weighted by Gasteiger charge is -2.34. The minimum absolute atomic E-state index is 0.0493. The summed E-state index contributed by atoms with van der Waals surface area (Å²) >= 11 is 0. The number of anilines is 1. The molecule has 6 rings (SSSR count). The Morgan fingerprint density at radius 1 is 1.02 bits per heavy atom. The molecule has 10 nitrogen and oxygen atoms in total. The average Bonchev–Trinajstić information content (AvgIpc) is 3.44. The standard InChI is InChI=1S/C34H36F2N4O6/c1-19-3-2-4-22(13-19)39-34(44)40-18-23-16-28(40)33(43)37-17-31-29(41)10-7-24(46-31)11-12-45-30-14-20(5-8-26(30)32(42)38-23)25-9-6-21(35)15-27(25)36/h2-6,8-9,13-15,23-24,28-29,31,41H,7,10-12,16-18H2,1H3,(H,37,43)(H,38,42)(H,39,44)/t23-,24-,28-,29-,31+/m0/s1. The van der Waals surface area contributed by atoms with E-state index in [0.29, 0.717) is 30.5 Å². The van der Waals surface area contributed by atoms with Crippen molar-refractivity contribution in [1.29, 1.82) is 0 Å². The van der Waals surface area contributed by atoms with Gasteiger partial charge in [-0.1, -0.05) is 18.2 Å². The largest absolute Gasteiger partial charge is 0.493 e. The zero-order valence-corrected chi connectivity index (χ0v) is 25.3. The maximum Gasteiger partial charge on any atom is 0.322 e. The second kappa shape index (κ2) is 13.4. The molecule has 0 aromatic heterocycles. The first-order chi connectivity index (χ1) is 22.1. The summed E-state index contributed by atoms with van der Waals surface area (Å²) in [5, 5.41) is 19.2. The van der Waals surface area contributed by atoms with E-state index in [0.717, 1.165) is 17.7 Å². The van der Waals surface area contributed by atoms with Gasteiger partial charge >= 0.3 is 6.03 Å². The van der Waals surface area contributed by atoms with Crippen LogP contribution in [0.15, 0.2) is 60.7 Å². The molecule has 12 heteroatoms. The van der Waals surface area contributed by atoms with Gasteiger partial charge in [0.1, 0.15) is 29.5 Å². The fraction of sp³-hybridized carbons (Fsp3) is 0.382. The van der Waals surface area contributed by atoms with Crippen LogP contribution in [0, 0.1) is 18.6 Å². The summed E-state index contributed by atoms with van der Waals surface area (Å²) in [4.78, 5) is 42.0. The number of carbonyl (C=O) groups excluding carboxylic acids is 3. The van der Waals surface area contributed by atoms with Gasteiger partial charge in [-0.25, -0.2) is 13.6 Å². The van der Waals surface area contributed by atoms with Crippen LogP contribution in [-0.4, -0.2) is 77.9 Å². The first-order valence-corrected chi connectivity index (χ1v) is 15.4. The highest BCUT2D eigenvalue weighted by Gasteiger charge is 2.41. The smallest absolute Gasteiger partial charge is 0.322 e. The van der Waals surface area contributed by atoms with Crippen LogP contribution < -0.4 is 20.7 Å². The second-order valence-corrected chi connectivity index (χ2v) is 12.0. The summed E-state index contributed by atoms with van der Waals surface area (Å²) in [7, 11) is 0. The Morgan fingerprint density at radius 3 is 2.65 bits per heavy atom. The molecule has 5 atom stereocenters. The number of ether oxygens (including phenoxy) is 2. The third-order valence-electron chi connectivity index (χ3n) is 8.69. The number of likely N-dealkylation sites (tertiary alicyclic amines) is 1. The lowest BCUT2D eigenvalue weighted by atomic mass is 9.99. The van der Waals surface area contributed by atoms with E-state index < -0.39 is 53.8 Å². The van der Waals surface area contributed by atoms with Gasteiger partial charge in [-0.15, -0.1) is 0 Å². The zero-order chi connectivity index (χ0) is 32.4. The molecule has 3 aromatic rings. The van der Waals surface area contributed by atoms with E-state index in [1.54, 1.807) is 12.1 Å². The summed E-state index contributed by atoms with van der Waals surface area (Å²) < 4.78 is 40.5. The molecule has 0 radical (unpaired) electrons. The number of hydrogen-bond acceptors (Lipinski definition) is 6. The average molecular weight is 635 g/mol. The number of aliphatic hydroxyl groups excluding tert-OH is 1. The number of halogens is 2. The van der Waals surface area contributed by atoms with Crippen LogP contribution in [0.4, 0.5) is 19.3 Å². The van der Waals surface area contributed by atoms with E-state index in [-0.39, 0.29) is 49.1 Å². The van der Waals surface area contributed by atoms with Crippen LogP contribution in [0.5, 0.6) is 5.75 Å². The maximum atomic E-state index is 14.7. The van der Waals surface area contributed by atoms with E-state index in [1.807, 2.05) is 25.1 Å². The predicted molar refractivity (Wildman–Crippen MR) is 165 cm³/mol. The van der Waals surface area contributed by atoms with Gasteiger partial charge in [0.05, 0.1) is 24.4 Å². The first-order valence-electron chi connectivity index (χ1n) is 15.4. The van der Waals surface area contributed by atoms with Crippen molar-refractivity contribution in [2.24, 2.45) is 0 Å². The number of amides is 4. The molecule has 0 spiro atoms. The molecule has 3 aliphatic rings. The number of aryl methyl sites for hydroxylation is 1. The summed E-state index contributed by atoms with van der Waals surface area (Å²) in [6.45, 7) is 2.17. The van der Waals surface area contributed by atoms with Crippen LogP contribution in [0.2, 0.25) is 0 Å². The third kappa shape index (κ3) is 6.97. The molecule has 4 bridgehead atoms. The highest BCUT2D eigenvalue weighted by Crippen LogP contribution is 2.31. The van der Waals surface area contributed by atoms with Crippen molar-refractivity contribution in [2.45, 2.75) is 63.0 Å². The lowest BCUT2D eigenvalue weighted by Crippen LogP contribution is -2.51. The van der Waals surface area contributed by atoms with Gasteiger partial charge in [-0.05, 0) is 73.7 Å². The van der Waals surface area contributed by atoms with Crippen molar-refractivity contribution >= 4 is 23.5 Å². The number of benzene rings is 3. The van der Waals surface area contributed by atoms with Gasteiger partial charge < -0.3 is 35.4 Å². The Kier molecular flexibility index (Phi) is 9.18. The fourth-order valence-corrected chi connectivity index (χ4v) is 6.28. The van der Waals surface area contributed by atoms with E-state index >= 15 is 0 Å². The third-order valence-corrected chi connectivity index (χ3v) is 8.69. The van der Waals surface area contributed by atoms with Gasteiger partial charge in [0, 0.05) is 42.9 Å². The van der Waals surface area contributed by atoms with Crippen LogP contribution in [0.25, 0.3) is 11.1 Å². The molecular formula is C34H36F2N4O6. The quantitative estimate of drug-likeness (QED) is 0.335. The maximum absolute atomic E-state index is 14.7. The van der Waals surface area contributed by atoms with Gasteiger partial charge in [0.25, 0.3) is 5.91 Å². The molecule has 4 amide bonds. The SMILES string of the molecule is Cc1cccc(NC(=O)N2C[C@@H]3C[C@H]2C(=O)NC[C@H]2O[C@H](CCOc4cc(-c5ccc(F)cc5F)ccc4C(=O)N3)CC[C@@H]2O)c1. The number of fused-ring (bicyclic) bond motifs is 5. The Bertz CT molecular complexity index is 1640. The molecular weight excluding hydrogens is 598 g/mol. The molecule has 242 valence electrons. The minimum Gasteiger partial charge on any atom is -0.493 e. The first kappa shape index (κ1) is 31.4. The molecule has 2 saturated heterocycles. The highest BCUT2D eigenvalue weighted by molar-refractivity contribution is 5.98. The topological polar surface area (TPSA) is 129 Å². The van der Waals surface area contributed by atoms with Crippen molar-refractivity contribution in [2.75, 3.05) is 25.0 Å². The van der Waals surface area contributed by atoms with Crippen LogP contribution in [0.1, 0.15) is 41.6 Å². The molecule has 0 aliphatic carbocycles. The Hall–Kier alpha value is -4.55. The Labute approximate surface area is 265 Å². The van der Waals surface area contributed by atoms with Crippen molar-refractivity contribution in [3.63, 3.8) is 0 Å². The molecule has 0 unspecified atom stereocenters. The van der Waals surface area contributed by atoms with Gasteiger partial charge in [-0.2, -0.15) is 0 Å². The van der Waals surface area contributed by atoms with Crippen LogP contribution in [-0.2, 0) is 9.53 Å². The van der Waals surface area contributed by atoms with Gasteiger partial charge in [-0.3, -0.25) is 9.59 Å². The summed E-state index contributed by atoms with van der Waals surface area (Å²) in [6.07, 6.45) is -0.0878. The second-order valence-electron chi connectivity index (χ2n) is 12.0. The van der Waals surface area contributed by atoms with Crippen LogP contribution in [0.3, 0.4) is 0 Å². The van der Waals surface area contributed by atoms with Gasteiger partial charge in [0.2, 0.25) is 5.91 Å². The molecule has 3 heterocycles. The monoisotopic (exact) mass is 634 g/mol. The molecule has 3 aliphatic heterocycles. The van der Waals surface area contributed by atoms with E-state index in [9.17, 15) is 28.3 Å². The van der Waals surface area contributed by atoms with Crippen molar-refractivity contribution in [1.82, 2.24) is 15.5 Å². The molecule has 3 aromatic carbocycles. The Morgan fingerprint density at radius 2 is 1.85 bits per heavy atom. The molecule has 4 N–H and O–H groups in total. The normalized spacial score (nSPS) is 25.1. The fourth-order valence-electron chi connectivity index (χ4n) is 6.28. The number of carbonyl (C=O) groups is 3. The molecule has 0 saturated carbocycles. The summed E-state index contributed by atoms with van der Waals surface area (Å²) in [6, 6.07) is 13.2. The van der Waals surface area contributed by atoms with Gasteiger partial charge in [0.15, 0.2) is 0 Å². The van der Waals surface area contributed by atoms with E-state index in [4.69, 9.17) is 9.47 Å². The van der Waals surface area contributed by atoms with E-state index in [1.165, 1.54) is 23.1 Å². The lowest BCUT2D eigenvalue weighted by molar-refractivity contribution is -0.133.